The Kier molecular flexibility index (Phi) is 18.9. The Morgan fingerprint density at radius 2 is 1.60 bits per heavy atom. The Morgan fingerprint density at radius 3 is 2.27 bits per heavy atom. The second kappa shape index (κ2) is 24.5. The van der Waals surface area contributed by atoms with E-state index in [0.717, 1.165) is 68.8 Å². The van der Waals surface area contributed by atoms with E-state index in [1.54, 1.807) is 11.3 Å². The zero-order valence-electron chi connectivity index (χ0n) is 36.6. The van der Waals surface area contributed by atoms with Crippen LogP contribution in [0.25, 0.3) is 5.00 Å². The quantitative estimate of drug-likeness (QED) is 0.0276. The number of anilines is 1. The number of hydrogen-bond acceptors (Lipinski definition) is 14. The predicted octanol–water partition coefficient (Wildman–Crippen LogP) is 4.17. The molecule has 17 nitrogen and oxygen atoms in total. The molecule has 2 fully saturated rings. The number of thioether (sulfide) groups is 1. The van der Waals surface area contributed by atoms with Gasteiger partial charge in [-0.15, -0.1) is 33.1 Å². The summed E-state index contributed by atoms with van der Waals surface area (Å²) in [5.41, 5.74) is 4.47. The van der Waals surface area contributed by atoms with E-state index in [1.807, 2.05) is 54.4 Å². The maximum atomic E-state index is 13.8. The summed E-state index contributed by atoms with van der Waals surface area (Å²) in [4.78, 5) is 44.0. The van der Waals surface area contributed by atoms with Crippen LogP contribution in [0.1, 0.15) is 78.3 Å². The van der Waals surface area contributed by atoms with E-state index in [2.05, 4.69) is 50.6 Å². The van der Waals surface area contributed by atoms with Crippen molar-refractivity contribution in [1.29, 1.82) is 0 Å². The SMILES string of the molecule is CC[C@@H](C(=O)NCCOCCOCCOCCOCCNC(=O)CCCC[C@@H]1SC[C@@H]2NC(=O)N[C@@H]21)C1N=C(c2ccc(NC(O)CCl)cc2)c2c(sc(C)c2C)-n2c(C)nnc21. The number of amides is 4. The van der Waals surface area contributed by atoms with E-state index in [0.29, 0.717) is 89.9 Å². The van der Waals surface area contributed by atoms with E-state index in [9.17, 15) is 19.5 Å². The van der Waals surface area contributed by atoms with Gasteiger partial charge in [0.2, 0.25) is 11.8 Å². The molecule has 2 aromatic heterocycles. The molecule has 6 N–H and O–H groups in total. The summed E-state index contributed by atoms with van der Waals surface area (Å²) >= 11 is 9.35. The number of halogens is 1. The number of alkyl halides is 1. The molecule has 5 heterocycles. The van der Waals surface area contributed by atoms with Crippen LogP contribution < -0.4 is 26.6 Å². The zero-order chi connectivity index (χ0) is 44.7. The highest BCUT2D eigenvalue weighted by molar-refractivity contribution is 8.00. The van der Waals surface area contributed by atoms with Crippen LogP contribution in [0.15, 0.2) is 29.3 Å². The number of aliphatic imine (C=N–C) groups is 1. The fourth-order valence-corrected chi connectivity index (χ4v) is 10.7. The number of thiophene rings is 1. The van der Waals surface area contributed by atoms with Crippen LogP contribution in [0.4, 0.5) is 10.5 Å². The highest BCUT2D eigenvalue weighted by Crippen LogP contribution is 2.41. The number of aliphatic hydroxyl groups is 1. The minimum Gasteiger partial charge on any atom is -0.377 e. The molecule has 63 heavy (non-hydrogen) atoms. The Balaban J connectivity index is 0.836. The van der Waals surface area contributed by atoms with E-state index < -0.39 is 18.2 Å². The number of hydrogen-bond donors (Lipinski definition) is 6. The molecule has 0 radical (unpaired) electrons. The molecule has 1 aromatic carbocycles. The predicted molar refractivity (Wildman–Crippen MR) is 246 cm³/mol. The summed E-state index contributed by atoms with van der Waals surface area (Å²) in [6.45, 7) is 12.1. The molecule has 0 aliphatic carbocycles. The minimum absolute atomic E-state index is 0.0261. The van der Waals surface area contributed by atoms with Gasteiger partial charge in [-0.2, -0.15) is 11.8 Å². The number of nitrogens with zero attached hydrogens (tertiary/aromatic N) is 4. The van der Waals surface area contributed by atoms with Crippen molar-refractivity contribution in [3.05, 3.63) is 57.5 Å². The molecule has 3 aromatic rings. The topological polar surface area (TPSA) is 212 Å². The number of benzene rings is 1. The van der Waals surface area contributed by atoms with Crippen molar-refractivity contribution in [2.24, 2.45) is 10.9 Å². The smallest absolute Gasteiger partial charge is 0.315 e. The summed E-state index contributed by atoms with van der Waals surface area (Å²) in [5, 5.41) is 35.3. The number of fused-ring (bicyclic) bond motifs is 4. The van der Waals surface area contributed by atoms with Crippen molar-refractivity contribution >= 4 is 63.9 Å². The van der Waals surface area contributed by atoms with Gasteiger partial charge in [0.25, 0.3) is 0 Å². The molecule has 0 spiro atoms. The molecule has 4 amide bonds. The molecule has 0 saturated carbocycles. The highest BCUT2D eigenvalue weighted by Gasteiger charge is 2.42. The molecule has 0 bridgehead atoms. The molecule has 6 atom stereocenters. The number of carbonyl (C=O) groups excluding carboxylic acids is 3. The summed E-state index contributed by atoms with van der Waals surface area (Å²) in [7, 11) is 0. The second-order valence-corrected chi connectivity index (χ2v) is 18.5. The van der Waals surface area contributed by atoms with Crippen LogP contribution in [-0.2, 0) is 28.5 Å². The number of nitrogens with one attached hydrogen (secondary N) is 5. The molecule has 6 rings (SSSR count). The molecule has 3 aliphatic rings. The standard InChI is InChI=1S/C43H62ClN9O8S2/c1-5-31(38-40-52-51-28(4)53(40)42-36(26(2)27(3)63-42)37(49-38)29-10-12-30(13-11-29)47-35(55)24-44)41(56)46-15-17-59-19-21-61-23-22-60-20-18-58-16-14-45-34(54)9-7-6-8-33-39-32(25-62-33)48-43(57)50-39/h10-13,31-33,35,38-39,47,55H,5-9,14-25H2,1-4H3,(H,45,54)(H,46,56)(H2,48,50,57)/t31-,32+,33+,35?,38?,39+/m1/s1. The first kappa shape index (κ1) is 48.6. The lowest BCUT2D eigenvalue weighted by Crippen LogP contribution is -2.36. The van der Waals surface area contributed by atoms with Gasteiger partial charge in [0.1, 0.15) is 23.1 Å². The van der Waals surface area contributed by atoms with Crippen LogP contribution in [0.3, 0.4) is 0 Å². The van der Waals surface area contributed by atoms with E-state index in [4.69, 9.17) is 35.5 Å². The lowest BCUT2D eigenvalue weighted by atomic mass is 9.94. The highest BCUT2D eigenvalue weighted by atomic mass is 35.5. The van der Waals surface area contributed by atoms with Crippen LogP contribution in [0.5, 0.6) is 0 Å². The average Bonchev–Trinajstić information content (AvgIpc) is 4.01. The molecule has 346 valence electrons. The van der Waals surface area contributed by atoms with Crippen molar-refractivity contribution in [1.82, 2.24) is 36.0 Å². The Hall–Kier alpha value is -3.82. The van der Waals surface area contributed by atoms with E-state index in [1.165, 1.54) is 0 Å². The van der Waals surface area contributed by atoms with Gasteiger partial charge in [0.15, 0.2) is 5.82 Å². The van der Waals surface area contributed by atoms with Gasteiger partial charge in [0, 0.05) is 52.2 Å². The second-order valence-electron chi connectivity index (χ2n) is 15.7. The van der Waals surface area contributed by atoms with Crippen molar-refractivity contribution in [3.8, 4) is 5.00 Å². The van der Waals surface area contributed by atoms with E-state index in [-0.39, 0.29) is 35.8 Å². The maximum Gasteiger partial charge on any atom is 0.315 e. The van der Waals surface area contributed by atoms with Crippen molar-refractivity contribution in [2.75, 3.05) is 82.9 Å². The van der Waals surface area contributed by atoms with Gasteiger partial charge < -0.3 is 50.6 Å². The molecule has 2 saturated heterocycles. The maximum absolute atomic E-state index is 13.8. The molecule has 3 aliphatic heterocycles. The van der Waals surface area contributed by atoms with Crippen molar-refractivity contribution in [3.63, 3.8) is 0 Å². The van der Waals surface area contributed by atoms with Gasteiger partial charge in [-0.3, -0.25) is 19.1 Å². The third-order valence-electron chi connectivity index (χ3n) is 11.3. The Bertz CT molecular complexity index is 2000. The molecule has 20 heteroatoms. The van der Waals surface area contributed by atoms with Crippen LogP contribution in [0.2, 0.25) is 0 Å². The van der Waals surface area contributed by atoms with E-state index >= 15 is 0 Å². The Labute approximate surface area is 382 Å². The summed E-state index contributed by atoms with van der Waals surface area (Å²) < 4.78 is 24.5. The number of urea groups is 1. The summed E-state index contributed by atoms with van der Waals surface area (Å²) in [6, 6.07) is 7.45. The first-order valence-electron chi connectivity index (χ1n) is 21.8. The minimum atomic E-state index is -0.870. The first-order chi connectivity index (χ1) is 30.6. The van der Waals surface area contributed by atoms with Gasteiger partial charge in [-0.05, 0) is 57.7 Å². The Morgan fingerprint density at radius 1 is 0.937 bits per heavy atom. The molecular formula is C43H62ClN9O8S2. The van der Waals surface area contributed by atoms with Crippen LogP contribution in [0, 0.1) is 26.7 Å². The first-order valence-corrected chi connectivity index (χ1v) is 24.2. The number of rotatable bonds is 27. The van der Waals surface area contributed by atoms with Gasteiger partial charge in [-0.25, -0.2) is 4.79 Å². The van der Waals surface area contributed by atoms with Crippen LogP contribution in [-0.4, -0.2) is 145 Å². The lowest BCUT2D eigenvalue weighted by Gasteiger charge is -2.22. The number of aliphatic hydroxyl groups excluding tert-OH is 1. The molecular weight excluding hydrogens is 870 g/mol. The third-order valence-corrected chi connectivity index (χ3v) is 14.3. The van der Waals surface area contributed by atoms with Crippen molar-refractivity contribution < 1.29 is 38.4 Å². The third kappa shape index (κ3) is 13.1. The number of carbonyl (C=O) groups is 3. The van der Waals surface area contributed by atoms with Crippen LogP contribution >= 0.6 is 34.7 Å². The monoisotopic (exact) mass is 931 g/mol. The molecule has 2 unspecified atom stereocenters. The average molecular weight is 933 g/mol. The number of aryl methyl sites for hydroxylation is 2. The number of ether oxygens (including phenoxy) is 4. The fourth-order valence-electron chi connectivity index (χ4n) is 7.89. The van der Waals surface area contributed by atoms with Gasteiger partial charge >= 0.3 is 6.03 Å². The normalized spacial score (nSPS) is 19.8. The number of unbranched alkanes of at least 4 members (excludes halogenated alkanes) is 1. The summed E-state index contributed by atoms with van der Waals surface area (Å²) in [5.74, 6) is 1.71. The number of aromatic nitrogens is 3. The van der Waals surface area contributed by atoms with Gasteiger partial charge in [0.05, 0.1) is 82.4 Å². The lowest BCUT2D eigenvalue weighted by molar-refractivity contribution is -0.126. The van der Waals surface area contributed by atoms with Crippen molar-refractivity contribution in [2.45, 2.75) is 89.4 Å². The zero-order valence-corrected chi connectivity index (χ0v) is 39.0. The van der Waals surface area contributed by atoms with Gasteiger partial charge in [-0.1, -0.05) is 25.5 Å². The summed E-state index contributed by atoms with van der Waals surface area (Å²) in [6.07, 6.45) is 2.92. The fraction of sp³-hybridized carbons (Fsp3) is 0.628. The largest absolute Gasteiger partial charge is 0.377 e.